The van der Waals surface area contributed by atoms with Gasteiger partial charge in [-0.15, -0.1) is 0 Å². The topological polar surface area (TPSA) is 86.8 Å². The number of hydrogen-bond acceptors (Lipinski definition) is 7. The maximum atomic E-state index is 5.61. The average molecular weight is 465 g/mol. The number of nitrogens with zero attached hydrogens (tertiary/aromatic N) is 8. The standard InChI is InChI=1S/C26H24N8O/c1-2-4-18(5-3-1)20-16-28-33(17-20)26-30-24(32-12-14-35-15-13-32)22-25(31-26)34(21-6-7-21)23(29-22)19-8-10-27-11-9-19/h1-5,8-11,16-17,21H,6-7,12-15H2. The third-order valence-electron chi connectivity index (χ3n) is 6.57. The summed E-state index contributed by atoms with van der Waals surface area (Å²) in [6.45, 7) is 2.87. The Morgan fingerprint density at radius 3 is 2.40 bits per heavy atom. The fourth-order valence-corrected chi connectivity index (χ4v) is 4.64. The summed E-state index contributed by atoms with van der Waals surface area (Å²) >= 11 is 0. The van der Waals surface area contributed by atoms with Crippen molar-refractivity contribution in [2.75, 3.05) is 31.2 Å². The number of pyridine rings is 1. The molecule has 1 aliphatic heterocycles. The summed E-state index contributed by atoms with van der Waals surface area (Å²) in [5, 5.41) is 4.62. The lowest BCUT2D eigenvalue weighted by atomic mass is 10.1. The summed E-state index contributed by atoms with van der Waals surface area (Å²) in [4.78, 5) is 21.6. The van der Waals surface area contributed by atoms with E-state index in [1.165, 1.54) is 0 Å². The summed E-state index contributed by atoms with van der Waals surface area (Å²) < 4.78 is 9.66. The first kappa shape index (κ1) is 20.3. The van der Waals surface area contributed by atoms with E-state index in [-0.39, 0.29) is 0 Å². The van der Waals surface area contributed by atoms with E-state index in [0.29, 0.717) is 25.2 Å². The molecule has 35 heavy (non-hydrogen) atoms. The zero-order chi connectivity index (χ0) is 23.2. The van der Waals surface area contributed by atoms with Crippen LogP contribution in [0.4, 0.5) is 5.82 Å². The predicted octanol–water partition coefficient (Wildman–Crippen LogP) is 3.91. The van der Waals surface area contributed by atoms with Gasteiger partial charge in [-0.25, -0.2) is 9.67 Å². The van der Waals surface area contributed by atoms with Crippen LogP contribution in [-0.4, -0.2) is 60.6 Å². The van der Waals surface area contributed by atoms with Crippen molar-refractivity contribution in [3.63, 3.8) is 0 Å². The van der Waals surface area contributed by atoms with Gasteiger partial charge in [0.25, 0.3) is 5.95 Å². The Balaban J connectivity index is 1.43. The van der Waals surface area contributed by atoms with Crippen LogP contribution in [-0.2, 0) is 4.74 Å². The predicted molar refractivity (Wildman–Crippen MR) is 132 cm³/mol. The van der Waals surface area contributed by atoms with Gasteiger partial charge in [-0.2, -0.15) is 15.1 Å². The van der Waals surface area contributed by atoms with E-state index < -0.39 is 0 Å². The van der Waals surface area contributed by atoms with E-state index >= 15 is 0 Å². The Kier molecular flexibility index (Phi) is 4.80. The molecule has 0 bridgehead atoms. The van der Waals surface area contributed by atoms with Gasteiger partial charge in [0.15, 0.2) is 17.0 Å². The van der Waals surface area contributed by atoms with Crippen molar-refractivity contribution in [2.24, 2.45) is 0 Å². The second-order valence-corrected chi connectivity index (χ2v) is 8.93. The lowest BCUT2D eigenvalue weighted by molar-refractivity contribution is 0.122. The highest BCUT2D eigenvalue weighted by Gasteiger charge is 2.32. The molecule has 2 aliphatic rings. The molecule has 0 atom stereocenters. The molecular formula is C26H24N8O. The number of benzene rings is 1. The number of hydrogen-bond donors (Lipinski definition) is 0. The van der Waals surface area contributed by atoms with Crippen LogP contribution in [0.2, 0.25) is 0 Å². The first-order valence-corrected chi connectivity index (χ1v) is 12.0. The number of fused-ring (bicyclic) bond motifs is 1. The summed E-state index contributed by atoms with van der Waals surface area (Å²) in [5.41, 5.74) is 4.84. The van der Waals surface area contributed by atoms with Crippen LogP contribution >= 0.6 is 0 Å². The van der Waals surface area contributed by atoms with Gasteiger partial charge in [0.05, 0.1) is 19.4 Å². The first-order chi connectivity index (χ1) is 17.3. The smallest absolute Gasteiger partial charge is 0.254 e. The molecule has 174 valence electrons. The van der Waals surface area contributed by atoms with Crippen LogP contribution in [0, 0.1) is 0 Å². The SMILES string of the molecule is c1ccc(-c2cnn(-c3nc(N4CCOCC4)c4nc(-c5ccncc5)n(C5CC5)c4n3)c2)cc1. The number of imidazole rings is 1. The summed E-state index contributed by atoms with van der Waals surface area (Å²) in [7, 11) is 0. The minimum Gasteiger partial charge on any atom is -0.378 e. The minimum absolute atomic E-state index is 0.390. The molecule has 5 heterocycles. The Morgan fingerprint density at radius 1 is 0.829 bits per heavy atom. The zero-order valence-corrected chi connectivity index (χ0v) is 19.2. The Morgan fingerprint density at radius 2 is 1.63 bits per heavy atom. The molecule has 0 spiro atoms. The fraction of sp³-hybridized carbons (Fsp3) is 0.269. The van der Waals surface area contributed by atoms with E-state index in [1.807, 2.05) is 42.7 Å². The molecule has 5 aromatic rings. The van der Waals surface area contributed by atoms with Crippen LogP contribution < -0.4 is 4.90 Å². The Labute approximate surface area is 202 Å². The third kappa shape index (κ3) is 3.64. The number of ether oxygens (including phenoxy) is 1. The van der Waals surface area contributed by atoms with Crippen molar-refractivity contribution in [1.82, 2.24) is 34.3 Å². The molecule has 0 radical (unpaired) electrons. The molecule has 0 amide bonds. The van der Waals surface area contributed by atoms with Crippen LogP contribution in [0.1, 0.15) is 18.9 Å². The normalized spacial score (nSPS) is 16.2. The molecule has 4 aromatic heterocycles. The highest BCUT2D eigenvalue weighted by Crippen LogP contribution is 2.42. The van der Waals surface area contributed by atoms with Gasteiger partial charge in [-0.3, -0.25) is 4.98 Å². The minimum atomic E-state index is 0.390. The summed E-state index contributed by atoms with van der Waals surface area (Å²) in [5.74, 6) is 2.29. The second-order valence-electron chi connectivity index (χ2n) is 8.93. The molecular weight excluding hydrogens is 440 g/mol. The monoisotopic (exact) mass is 464 g/mol. The number of aromatic nitrogens is 7. The van der Waals surface area contributed by atoms with Gasteiger partial charge in [0.2, 0.25) is 0 Å². The van der Waals surface area contributed by atoms with E-state index in [2.05, 4.69) is 31.7 Å². The Bertz CT molecular complexity index is 1480. The van der Waals surface area contributed by atoms with Crippen molar-refractivity contribution >= 4 is 17.0 Å². The highest BCUT2D eigenvalue weighted by molar-refractivity contribution is 5.88. The molecule has 1 aliphatic carbocycles. The molecule has 9 heteroatoms. The molecule has 0 N–H and O–H groups in total. The molecule has 1 aromatic carbocycles. The molecule has 1 saturated heterocycles. The van der Waals surface area contributed by atoms with Crippen LogP contribution in [0.15, 0.2) is 67.3 Å². The quantitative estimate of drug-likeness (QED) is 0.390. The van der Waals surface area contributed by atoms with Gasteiger partial charge < -0.3 is 14.2 Å². The van der Waals surface area contributed by atoms with Gasteiger partial charge in [0, 0.05) is 48.8 Å². The number of rotatable bonds is 5. The highest BCUT2D eigenvalue weighted by atomic mass is 16.5. The largest absolute Gasteiger partial charge is 0.378 e. The maximum Gasteiger partial charge on any atom is 0.254 e. The number of anilines is 1. The van der Waals surface area contributed by atoms with Crippen molar-refractivity contribution < 1.29 is 4.74 Å². The Hall–Kier alpha value is -4.11. The van der Waals surface area contributed by atoms with Crippen molar-refractivity contribution in [3.05, 3.63) is 67.3 Å². The van der Waals surface area contributed by atoms with E-state index in [4.69, 9.17) is 19.7 Å². The van der Waals surface area contributed by atoms with Gasteiger partial charge in [0.1, 0.15) is 5.82 Å². The lowest BCUT2D eigenvalue weighted by Crippen LogP contribution is -2.37. The van der Waals surface area contributed by atoms with Crippen molar-refractivity contribution in [3.8, 4) is 28.5 Å². The van der Waals surface area contributed by atoms with E-state index in [0.717, 1.165) is 65.4 Å². The van der Waals surface area contributed by atoms with Crippen molar-refractivity contribution in [1.29, 1.82) is 0 Å². The molecule has 9 nitrogen and oxygen atoms in total. The summed E-state index contributed by atoms with van der Waals surface area (Å²) in [6.07, 6.45) is 9.70. The van der Waals surface area contributed by atoms with Crippen LogP contribution in [0.25, 0.3) is 39.6 Å². The zero-order valence-electron chi connectivity index (χ0n) is 19.2. The number of morpholine rings is 1. The fourth-order valence-electron chi connectivity index (χ4n) is 4.64. The molecule has 2 fully saturated rings. The van der Waals surface area contributed by atoms with Crippen LogP contribution in [0.5, 0.6) is 0 Å². The molecule has 7 rings (SSSR count). The second kappa shape index (κ2) is 8.28. The van der Waals surface area contributed by atoms with Crippen molar-refractivity contribution in [2.45, 2.75) is 18.9 Å². The van der Waals surface area contributed by atoms with E-state index in [9.17, 15) is 0 Å². The van der Waals surface area contributed by atoms with Gasteiger partial charge in [-0.05, 0) is 30.5 Å². The van der Waals surface area contributed by atoms with Crippen LogP contribution in [0.3, 0.4) is 0 Å². The maximum absolute atomic E-state index is 5.61. The first-order valence-electron chi connectivity index (χ1n) is 12.0. The van der Waals surface area contributed by atoms with Gasteiger partial charge >= 0.3 is 0 Å². The molecule has 0 unspecified atom stereocenters. The van der Waals surface area contributed by atoms with Gasteiger partial charge in [-0.1, -0.05) is 30.3 Å². The van der Waals surface area contributed by atoms with E-state index in [1.54, 1.807) is 17.1 Å². The average Bonchev–Trinajstić information content (AvgIpc) is 3.50. The third-order valence-corrected chi connectivity index (χ3v) is 6.57. The summed E-state index contributed by atoms with van der Waals surface area (Å²) in [6, 6.07) is 14.6. The lowest BCUT2D eigenvalue weighted by Gasteiger charge is -2.28. The molecule has 1 saturated carbocycles.